The summed E-state index contributed by atoms with van der Waals surface area (Å²) in [6.45, 7) is 6.81. The van der Waals surface area contributed by atoms with E-state index in [1.165, 1.54) is 11.1 Å². The maximum atomic E-state index is 13.5. The first-order valence-electron chi connectivity index (χ1n) is 11.5. The van der Waals surface area contributed by atoms with Crippen LogP contribution < -0.4 is 0 Å². The van der Waals surface area contributed by atoms with Gasteiger partial charge in [-0.05, 0) is 30.2 Å². The monoisotopic (exact) mass is 439 g/mol. The molecular weight excluding hydrogens is 410 g/mol. The Labute approximate surface area is 194 Å². The van der Waals surface area contributed by atoms with Crippen LogP contribution in [0.2, 0.25) is 0 Å². The number of benzene rings is 2. The van der Waals surface area contributed by atoms with Crippen LogP contribution >= 0.6 is 0 Å². The fourth-order valence-electron chi connectivity index (χ4n) is 4.50. The fourth-order valence-corrected chi connectivity index (χ4v) is 4.50. The van der Waals surface area contributed by atoms with Gasteiger partial charge in [0.15, 0.2) is 0 Å². The number of nitrogens with zero attached hydrogens (tertiary/aromatic N) is 3. The maximum absolute atomic E-state index is 13.5. The van der Waals surface area contributed by atoms with Crippen molar-refractivity contribution in [1.82, 2.24) is 14.4 Å². The average Bonchev–Trinajstić information content (AvgIpc) is 3.43. The molecule has 0 saturated carbocycles. The van der Waals surface area contributed by atoms with Crippen LogP contribution in [0.3, 0.4) is 0 Å². The van der Waals surface area contributed by atoms with E-state index in [0.717, 1.165) is 49.4 Å². The van der Waals surface area contributed by atoms with Crippen molar-refractivity contribution in [1.29, 1.82) is 0 Å². The van der Waals surface area contributed by atoms with Crippen molar-refractivity contribution in [3.8, 4) is 0 Å². The predicted molar refractivity (Wildman–Crippen MR) is 132 cm³/mol. The molecule has 2 aromatic heterocycles. The van der Waals surface area contributed by atoms with Crippen molar-refractivity contribution in [2.45, 2.75) is 13.5 Å². The van der Waals surface area contributed by atoms with E-state index in [9.17, 15) is 4.79 Å². The van der Waals surface area contributed by atoms with Gasteiger partial charge in [0.1, 0.15) is 5.69 Å². The lowest BCUT2D eigenvalue weighted by Crippen LogP contribution is -2.49. The first kappa shape index (κ1) is 21.3. The van der Waals surface area contributed by atoms with Gasteiger partial charge in [-0.2, -0.15) is 0 Å². The fraction of sp³-hybridized carbons (Fsp3) is 0.250. The summed E-state index contributed by atoms with van der Waals surface area (Å²) in [5, 5.41) is 0.968. The van der Waals surface area contributed by atoms with Crippen LogP contribution in [0.4, 0.5) is 0 Å². The summed E-state index contributed by atoms with van der Waals surface area (Å²) in [4.78, 5) is 17.8. The van der Waals surface area contributed by atoms with Crippen molar-refractivity contribution in [3.05, 3.63) is 101 Å². The molecule has 0 N–H and O–H groups in total. The van der Waals surface area contributed by atoms with Gasteiger partial charge in [0.2, 0.25) is 5.71 Å². The molecule has 0 bridgehead atoms. The maximum Gasteiger partial charge on any atom is 0.270 e. The van der Waals surface area contributed by atoms with Crippen LogP contribution in [0.1, 0.15) is 27.2 Å². The molecule has 168 valence electrons. The predicted octanol–water partition coefficient (Wildman–Crippen LogP) is 5.06. The van der Waals surface area contributed by atoms with Crippen LogP contribution in [0.5, 0.6) is 0 Å². The molecule has 0 aliphatic carbocycles. The van der Waals surface area contributed by atoms with Gasteiger partial charge in [0.25, 0.3) is 5.91 Å². The number of hydrogen-bond donors (Lipinski definition) is 0. The summed E-state index contributed by atoms with van der Waals surface area (Å²) in [6, 6.07) is 22.6. The molecule has 1 aliphatic rings. The van der Waals surface area contributed by atoms with Crippen LogP contribution in [0.15, 0.2) is 83.5 Å². The number of piperazine rings is 1. The summed E-state index contributed by atoms with van der Waals surface area (Å²) in [7, 11) is 0. The number of amides is 1. The molecule has 2 aromatic carbocycles. The topological polar surface area (TPSA) is 41.6 Å². The first-order chi connectivity index (χ1) is 16.2. The molecule has 5 nitrogen and oxygen atoms in total. The van der Waals surface area contributed by atoms with E-state index in [0.29, 0.717) is 12.2 Å². The van der Waals surface area contributed by atoms with Crippen LogP contribution in [-0.4, -0.2) is 53.0 Å². The number of rotatable bonds is 6. The molecule has 5 rings (SSSR count). The first-order valence-corrected chi connectivity index (χ1v) is 11.5. The Kier molecular flexibility index (Phi) is 6.13. The lowest BCUT2D eigenvalue weighted by atomic mass is 10.1. The normalized spacial score (nSPS) is 15.0. The van der Waals surface area contributed by atoms with Crippen molar-refractivity contribution < 1.29 is 9.21 Å². The minimum absolute atomic E-state index is 0.0773. The highest BCUT2D eigenvalue weighted by molar-refractivity contribution is 5.97. The van der Waals surface area contributed by atoms with Gasteiger partial charge in [0.05, 0.1) is 12.8 Å². The molecule has 33 heavy (non-hydrogen) atoms. The van der Waals surface area contributed by atoms with E-state index in [-0.39, 0.29) is 5.91 Å². The second-order valence-electron chi connectivity index (χ2n) is 8.69. The average molecular weight is 440 g/mol. The molecule has 1 amide bonds. The smallest absolute Gasteiger partial charge is 0.270 e. The van der Waals surface area contributed by atoms with Gasteiger partial charge < -0.3 is 13.9 Å². The lowest BCUT2D eigenvalue weighted by Gasteiger charge is -2.34. The van der Waals surface area contributed by atoms with E-state index < -0.39 is 0 Å². The highest BCUT2D eigenvalue weighted by atomic mass is 16.3. The zero-order valence-corrected chi connectivity index (χ0v) is 19.0. The Bertz CT molecular complexity index is 1260. The number of carbonyl (C=O) groups excluding carboxylic acids is 1. The third-order valence-electron chi connectivity index (χ3n) is 6.28. The molecule has 0 radical (unpaired) electrons. The number of aromatic nitrogens is 1. The van der Waals surface area contributed by atoms with Gasteiger partial charge in [-0.1, -0.05) is 72.3 Å². The number of carbonyl (C=O) groups is 1. The van der Waals surface area contributed by atoms with Gasteiger partial charge in [-0.15, -0.1) is 0 Å². The highest BCUT2D eigenvalue weighted by Crippen LogP contribution is 2.24. The minimum Gasteiger partial charge on any atom is -0.448 e. The Morgan fingerprint density at radius 1 is 0.970 bits per heavy atom. The molecule has 0 atom stereocenters. The Balaban J connectivity index is 1.26. The minimum atomic E-state index is 0.0773. The molecule has 1 fully saturated rings. The van der Waals surface area contributed by atoms with Gasteiger partial charge in [-0.25, -0.2) is 0 Å². The lowest BCUT2D eigenvalue weighted by molar-refractivity contribution is 0.0640. The van der Waals surface area contributed by atoms with E-state index >= 15 is 0 Å². The number of aryl methyl sites for hydroxylation is 1. The van der Waals surface area contributed by atoms with E-state index in [4.69, 9.17) is 4.42 Å². The van der Waals surface area contributed by atoms with Crippen molar-refractivity contribution in [3.63, 3.8) is 0 Å². The molecule has 4 aromatic rings. The van der Waals surface area contributed by atoms with E-state index in [2.05, 4.69) is 72.5 Å². The summed E-state index contributed by atoms with van der Waals surface area (Å²) >= 11 is 0. The third kappa shape index (κ3) is 4.78. The molecule has 0 spiro atoms. The molecular formula is C28H29N3O2. The van der Waals surface area contributed by atoms with Gasteiger partial charge in [0, 0.05) is 38.1 Å². The van der Waals surface area contributed by atoms with E-state index in [1.807, 2.05) is 27.7 Å². The number of fused-ring (bicyclic) bond motifs is 1. The van der Waals surface area contributed by atoms with Crippen LogP contribution in [0, 0.1) is 6.92 Å². The van der Waals surface area contributed by atoms with Crippen molar-refractivity contribution in [2.24, 2.45) is 0 Å². The van der Waals surface area contributed by atoms with E-state index in [1.54, 1.807) is 6.26 Å². The molecule has 0 unspecified atom stereocenters. The number of hydrogen-bond acceptors (Lipinski definition) is 3. The highest BCUT2D eigenvalue weighted by Gasteiger charge is 2.26. The molecule has 5 heteroatoms. The quantitative estimate of drug-likeness (QED) is 0.422. The zero-order chi connectivity index (χ0) is 22.6. The summed E-state index contributed by atoms with van der Waals surface area (Å²) in [6.07, 6.45) is 6.05. The van der Waals surface area contributed by atoms with Crippen molar-refractivity contribution in [2.75, 3.05) is 32.7 Å². The summed E-state index contributed by atoms with van der Waals surface area (Å²) < 4.78 is 7.76. The number of furan rings is 1. The summed E-state index contributed by atoms with van der Waals surface area (Å²) in [5.41, 5.74) is 5.03. The molecule has 1 saturated heterocycles. The van der Waals surface area contributed by atoms with Crippen LogP contribution in [0.25, 0.3) is 17.2 Å². The molecule has 3 heterocycles. The molecule has 1 aliphatic heterocycles. The zero-order valence-electron chi connectivity index (χ0n) is 19.0. The second kappa shape index (κ2) is 9.51. The Morgan fingerprint density at radius 2 is 1.79 bits per heavy atom. The Morgan fingerprint density at radius 3 is 2.58 bits per heavy atom. The largest absolute Gasteiger partial charge is 0.448 e. The third-order valence-corrected chi connectivity index (χ3v) is 6.28. The van der Waals surface area contributed by atoms with Crippen molar-refractivity contribution >= 4 is 23.1 Å². The van der Waals surface area contributed by atoms with Gasteiger partial charge >= 0.3 is 0 Å². The Hall–Kier alpha value is -3.57. The van der Waals surface area contributed by atoms with Crippen LogP contribution in [-0.2, 0) is 6.54 Å². The second-order valence-corrected chi connectivity index (χ2v) is 8.69. The van der Waals surface area contributed by atoms with Gasteiger partial charge in [-0.3, -0.25) is 9.69 Å². The SMILES string of the molecule is Cc1cccc(Cn2c(C(=O)N3CCN(C/C=C/c4ccccc4)CC3)cc3ccoc32)c1. The summed E-state index contributed by atoms with van der Waals surface area (Å²) in [5.74, 6) is 0.0773. The standard InChI is InChI=1S/C28H29N3O2/c1-22-7-5-10-24(19-22)21-31-26(20-25-12-18-33-28(25)31)27(32)30-16-14-29(15-17-30)13-6-11-23-8-3-2-4-9-23/h2-12,18-20H,13-17,21H2,1H3/b11-6+.